The van der Waals surface area contributed by atoms with Gasteiger partial charge in [0.2, 0.25) is 0 Å². The van der Waals surface area contributed by atoms with Gasteiger partial charge in [0, 0.05) is 19.8 Å². The molecular weight excluding hydrogens is 918 g/mol. The van der Waals surface area contributed by atoms with E-state index >= 15 is 0 Å². The monoisotopic (exact) mass is 1030 g/mol. The molecule has 14 heteroatoms. The third-order valence-corrected chi connectivity index (χ3v) is 13.5. The number of carboxylic acids is 1. The second kappa shape index (κ2) is 56.5. The van der Waals surface area contributed by atoms with Crippen LogP contribution in [0.25, 0.3) is 0 Å². The predicted molar refractivity (Wildman–Crippen MR) is 296 cm³/mol. The van der Waals surface area contributed by atoms with E-state index in [4.69, 9.17) is 25.1 Å². The first kappa shape index (κ1) is 71.8. The number of quaternary nitrogens is 1. The standard InChI is InChI=1S/C56H114N6O3.C2HF3O2/c1-5-9-11-13-15-17-19-21-23-25-27-29-31-33-35-39-51-64-54-55(65-52-40-36-34-32-30-28-26-24-22-20-18-16-14-12-10-6-2)53-62(7-3,8-4)50-49-61-56(63)60-48-42-47-59-45-38-37-44-58-46-41-43-57;3-2(4,5)1(6)7/h21-24,55,58-59H,5-20,25-54,57H2,1-4H3,(H-,60,61,63);(H,6,7)/b23-21-,24-22-;. The molecule has 72 heavy (non-hydrogen) atoms. The molecule has 0 aromatic heterocycles. The van der Waals surface area contributed by atoms with Crippen LogP contribution in [0.5, 0.6) is 0 Å². The minimum absolute atomic E-state index is 0.0643. The Labute approximate surface area is 441 Å². The van der Waals surface area contributed by atoms with Gasteiger partial charge in [-0.1, -0.05) is 154 Å². The molecular formula is C58H115F3N6O5. The Kier molecular flexibility index (Phi) is 56.4. The molecule has 0 rings (SSSR count). The molecule has 0 heterocycles. The summed E-state index contributed by atoms with van der Waals surface area (Å²) < 4.78 is 45.5. The zero-order valence-electron chi connectivity index (χ0n) is 47.1. The van der Waals surface area contributed by atoms with Crippen molar-refractivity contribution < 1.29 is 41.8 Å². The van der Waals surface area contributed by atoms with Crippen LogP contribution in [0.15, 0.2) is 24.3 Å². The predicted octanol–water partition coefficient (Wildman–Crippen LogP) is 12.6. The number of ether oxygens (including phenoxy) is 2. The number of nitrogens with zero attached hydrogens (tertiary/aromatic N) is 1. The van der Waals surface area contributed by atoms with Crippen LogP contribution in [0.1, 0.15) is 233 Å². The van der Waals surface area contributed by atoms with Gasteiger partial charge in [-0.25, -0.2) is 4.79 Å². The van der Waals surface area contributed by atoms with Gasteiger partial charge in [-0.15, -0.1) is 0 Å². The zero-order valence-corrected chi connectivity index (χ0v) is 47.1. The van der Waals surface area contributed by atoms with Gasteiger partial charge in [0.05, 0.1) is 32.8 Å². The fourth-order valence-corrected chi connectivity index (χ4v) is 8.60. The van der Waals surface area contributed by atoms with Crippen molar-refractivity contribution in [1.82, 2.24) is 21.3 Å². The number of rotatable bonds is 54. The molecule has 0 saturated heterocycles. The number of likely N-dealkylation sites (N-methyl/N-ethyl adjacent to an activating group) is 1. The molecule has 0 aliphatic heterocycles. The highest BCUT2D eigenvalue weighted by Crippen LogP contribution is 2.15. The van der Waals surface area contributed by atoms with Crippen molar-refractivity contribution in [1.29, 1.82) is 0 Å². The van der Waals surface area contributed by atoms with Crippen molar-refractivity contribution in [2.24, 2.45) is 5.73 Å². The van der Waals surface area contributed by atoms with Crippen molar-refractivity contribution in [2.75, 3.05) is 91.8 Å². The summed E-state index contributed by atoms with van der Waals surface area (Å²) in [6.45, 7) is 21.4. The first-order valence-corrected chi connectivity index (χ1v) is 29.8. The summed E-state index contributed by atoms with van der Waals surface area (Å²) in [6, 6.07) is -0.0643. The highest BCUT2D eigenvalue weighted by Gasteiger charge is 2.29. The van der Waals surface area contributed by atoms with Crippen molar-refractivity contribution in [3.63, 3.8) is 0 Å². The number of halogens is 3. The number of alkyl halides is 3. The van der Waals surface area contributed by atoms with E-state index in [0.29, 0.717) is 19.7 Å². The van der Waals surface area contributed by atoms with Crippen LogP contribution in [-0.4, -0.2) is 121 Å². The smallest absolute Gasteiger partial charge is 0.430 e. The van der Waals surface area contributed by atoms with E-state index in [-0.39, 0.29) is 12.1 Å². The number of hydrogen-bond acceptors (Lipinski definition) is 8. The quantitative estimate of drug-likeness (QED) is 0.0230. The highest BCUT2D eigenvalue weighted by molar-refractivity contribution is 5.73. The highest BCUT2D eigenvalue weighted by atomic mass is 19.4. The number of unbranched alkanes of at least 4 members (excludes halogenated alkanes) is 25. The summed E-state index contributed by atoms with van der Waals surface area (Å²) in [5.74, 6) is -3.01. The van der Waals surface area contributed by atoms with Crippen molar-refractivity contribution >= 4 is 12.0 Å². The van der Waals surface area contributed by atoms with Crippen LogP contribution < -0.4 is 32.1 Å². The largest absolute Gasteiger partial charge is 0.542 e. The molecule has 1 atom stereocenters. The number of amides is 2. The van der Waals surface area contributed by atoms with Gasteiger partial charge in [0.15, 0.2) is 0 Å². The number of carbonyl (C=O) groups excluding carboxylic acids is 2. The molecule has 0 aromatic rings. The maximum absolute atomic E-state index is 12.7. The number of urea groups is 1. The SMILES string of the molecule is CCCCCCCC/C=C\CCCCCCCCOCC(C[N+](CC)(CC)CCNC(=O)NCCCNCCCCNCCCN)OCCCCCCCC/C=C\CCCCCCCC.O=C([O-])C(F)(F)F. The number of carboxylic acid groups (broad SMARTS) is 1. The number of nitrogens with two attached hydrogens (primary N) is 1. The summed E-state index contributed by atoms with van der Waals surface area (Å²) in [4.78, 5) is 21.5. The molecule has 6 N–H and O–H groups in total. The average Bonchev–Trinajstić information content (AvgIpc) is 3.36. The van der Waals surface area contributed by atoms with Crippen LogP contribution >= 0.6 is 0 Å². The number of nitrogens with one attached hydrogen (secondary N) is 4. The molecule has 428 valence electrons. The van der Waals surface area contributed by atoms with Crippen molar-refractivity contribution in [2.45, 2.75) is 245 Å². The maximum atomic E-state index is 12.7. The number of aliphatic carboxylic acids is 1. The Bertz CT molecular complexity index is 1190. The van der Waals surface area contributed by atoms with Gasteiger partial charge in [-0.2, -0.15) is 13.2 Å². The van der Waals surface area contributed by atoms with Crippen LogP contribution in [0, 0.1) is 0 Å². The van der Waals surface area contributed by atoms with E-state index in [1.807, 2.05) is 0 Å². The second-order valence-electron chi connectivity index (χ2n) is 20.0. The molecule has 11 nitrogen and oxygen atoms in total. The average molecular weight is 1030 g/mol. The van der Waals surface area contributed by atoms with Gasteiger partial charge in [-0.05, 0) is 136 Å². The van der Waals surface area contributed by atoms with Gasteiger partial charge >= 0.3 is 12.2 Å². The third-order valence-electron chi connectivity index (χ3n) is 13.5. The van der Waals surface area contributed by atoms with Gasteiger partial charge in [0.25, 0.3) is 0 Å². The minimum Gasteiger partial charge on any atom is -0.542 e. The number of carbonyl (C=O) groups is 2. The van der Waals surface area contributed by atoms with E-state index in [9.17, 15) is 18.0 Å². The Morgan fingerprint density at radius 2 is 0.917 bits per heavy atom. The van der Waals surface area contributed by atoms with E-state index in [0.717, 1.165) is 109 Å². The first-order chi connectivity index (χ1) is 35.0. The Morgan fingerprint density at radius 1 is 0.528 bits per heavy atom. The summed E-state index contributed by atoms with van der Waals surface area (Å²) >= 11 is 0. The molecule has 0 spiro atoms. The van der Waals surface area contributed by atoms with Crippen molar-refractivity contribution in [3.8, 4) is 0 Å². The lowest BCUT2D eigenvalue weighted by Gasteiger charge is -2.39. The molecule has 0 saturated carbocycles. The van der Waals surface area contributed by atoms with E-state index in [2.05, 4.69) is 73.3 Å². The summed E-state index contributed by atoms with van der Waals surface area (Å²) in [5, 5.41) is 21.9. The Balaban J connectivity index is 0. The summed E-state index contributed by atoms with van der Waals surface area (Å²) in [7, 11) is 0. The molecule has 0 bridgehead atoms. The van der Waals surface area contributed by atoms with Gasteiger partial charge in [0.1, 0.15) is 18.6 Å². The molecule has 1 unspecified atom stereocenters. The lowest BCUT2D eigenvalue weighted by Crippen LogP contribution is -2.56. The molecule has 0 aliphatic rings. The van der Waals surface area contributed by atoms with E-state index < -0.39 is 12.1 Å². The van der Waals surface area contributed by atoms with E-state index in [1.54, 1.807) is 0 Å². The maximum Gasteiger partial charge on any atom is 0.430 e. The zero-order chi connectivity index (χ0) is 53.3. The van der Waals surface area contributed by atoms with Crippen LogP contribution in [0.3, 0.4) is 0 Å². The lowest BCUT2D eigenvalue weighted by molar-refractivity contribution is -0.926. The Hall–Kier alpha value is -2.23. The van der Waals surface area contributed by atoms with Crippen LogP contribution in [0.4, 0.5) is 18.0 Å². The Morgan fingerprint density at radius 3 is 1.35 bits per heavy atom. The summed E-state index contributed by atoms with van der Waals surface area (Å²) in [6.07, 6.45) is 45.8. The normalized spacial score (nSPS) is 12.4. The minimum atomic E-state index is -5.19. The number of hydrogen-bond donors (Lipinski definition) is 5. The second-order valence-corrected chi connectivity index (χ2v) is 20.0. The first-order valence-electron chi connectivity index (χ1n) is 29.8. The third kappa shape index (κ3) is 54.0. The molecule has 0 fully saturated rings. The molecule has 0 radical (unpaired) electrons. The van der Waals surface area contributed by atoms with Gasteiger partial charge < -0.3 is 50.9 Å². The molecule has 0 aromatic carbocycles. The topological polar surface area (TPSA) is 150 Å². The van der Waals surface area contributed by atoms with Crippen molar-refractivity contribution in [3.05, 3.63) is 24.3 Å². The fraction of sp³-hybridized carbons (Fsp3) is 0.897. The lowest BCUT2D eigenvalue weighted by atomic mass is 10.1. The summed E-state index contributed by atoms with van der Waals surface area (Å²) in [5.41, 5.74) is 5.55. The molecule has 2 amide bonds. The van der Waals surface area contributed by atoms with Crippen LogP contribution in [-0.2, 0) is 14.3 Å². The molecule has 0 aliphatic carbocycles. The van der Waals surface area contributed by atoms with Gasteiger partial charge in [-0.3, -0.25) is 0 Å². The van der Waals surface area contributed by atoms with E-state index in [1.165, 1.54) is 173 Å². The van der Waals surface area contributed by atoms with Crippen LogP contribution in [0.2, 0.25) is 0 Å². The number of allylic oxidation sites excluding steroid dienone is 4. The fourth-order valence-electron chi connectivity index (χ4n) is 8.60.